The van der Waals surface area contributed by atoms with Crippen molar-refractivity contribution in [3.8, 4) is 0 Å². The molecule has 1 N–H and O–H groups in total. The molecule has 0 radical (unpaired) electrons. The number of carbonyl (C=O) groups is 2. The van der Waals surface area contributed by atoms with Gasteiger partial charge in [0.1, 0.15) is 6.04 Å². The zero-order chi connectivity index (χ0) is 21.9. The third-order valence-electron chi connectivity index (χ3n) is 4.86. The molecule has 4 nitrogen and oxygen atoms in total. The summed E-state index contributed by atoms with van der Waals surface area (Å²) in [4.78, 5) is 28.7. The van der Waals surface area contributed by atoms with E-state index in [1.807, 2.05) is 62.4 Å². The van der Waals surface area contributed by atoms with Gasteiger partial charge < -0.3 is 10.2 Å². The van der Waals surface area contributed by atoms with E-state index in [0.29, 0.717) is 24.5 Å². The Morgan fingerprint density at radius 2 is 1.73 bits per heavy atom. The minimum absolute atomic E-state index is 0.0481. The number of halogens is 1. The van der Waals surface area contributed by atoms with Crippen LogP contribution in [0.1, 0.15) is 44.2 Å². The van der Waals surface area contributed by atoms with E-state index in [1.165, 1.54) is 17.3 Å². The van der Waals surface area contributed by atoms with Crippen molar-refractivity contribution in [3.05, 3.63) is 64.7 Å². The van der Waals surface area contributed by atoms with Crippen molar-refractivity contribution in [2.24, 2.45) is 0 Å². The van der Waals surface area contributed by atoms with E-state index in [9.17, 15) is 9.59 Å². The molecule has 2 rings (SSSR count). The average Bonchev–Trinajstić information content (AvgIpc) is 2.74. The molecule has 2 amide bonds. The molecule has 2 aromatic carbocycles. The maximum atomic E-state index is 13.2. The number of unbranched alkanes of at least 4 members (excludes halogenated alkanes) is 1. The van der Waals surface area contributed by atoms with Crippen molar-refractivity contribution in [2.45, 2.75) is 57.5 Å². The highest BCUT2D eigenvalue weighted by Gasteiger charge is 2.28. The lowest BCUT2D eigenvalue weighted by atomic mass is 10.1. The predicted molar refractivity (Wildman–Crippen MR) is 126 cm³/mol. The first-order chi connectivity index (χ1) is 14.4. The van der Waals surface area contributed by atoms with Crippen LogP contribution in [0.2, 0.25) is 5.02 Å². The predicted octanol–water partition coefficient (Wildman–Crippen LogP) is 5.46. The minimum Gasteiger partial charge on any atom is -0.354 e. The number of carbonyl (C=O) groups excluding carboxylic acids is 2. The average molecular weight is 447 g/mol. The molecule has 2 aromatic rings. The Hall–Kier alpha value is -1.98. The van der Waals surface area contributed by atoms with Crippen LogP contribution in [-0.2, 0) is 16.1 Å². The normalized spacial score (nSPS) is 11.7. The van der Waals surface area contributed by atoms with Crippen molar-refractivity contribution >= 4 is 35.2 Å². The highest BCUT2D eigenvalue weighted by Crippen LogP contribution is 2.22. The van der Waals surface area contributed by atoms with Gasteiger partial charge in [-0.05, 0) is 49.6 Å². The van der Waals surface area contributed by atoms with Gasteiger partial charge in [0.25, 0.3) is 0 Å². The van der Waals surface area contributed by atoms with Gasteiger partial charge in [0.15, 0.2) is 0 Å². The molecule has 6 heteroatoms. The Kier molecular flexibility index (Phi) is 10.2. The molecule has 0 saturated heterocycles. The molecule has 0 spiro atoms. The summed E-state index contributed by atoms with van der Waals surface area (Å²) < 4.78 is 0. The van der Waals surface area contributed by atoms with Crippen LogP contribution < -0.4 is 5.32 Å². The Morgan fingerprint density at radius 3 is 2.33 bits per heavy atom. The number of rotatable bonds is 11. The molecule has 30 heavy (non-hydrogen) atoms. The quantitative estimate of drug-likeness (QED) is 0.368. The zero-order valence-electron chi connectivity index (χ0n) is 18.0. The second-order valence-corrected chi connectivity index (χ2v) is 8.80. The fourth-order valence-corrected chi connectivity index (χ4v) is 3.99. The van der Waals surface area contributed by atoms with Gasteiger partial charge >= 0.3 is 0 Å². The summed E-state index contributed by atoms with van der Waals surface area (Å²) in [5, 5.41) is 3.66. The summed E-state index contributed by atoms with van der Waals surface area (Å²) >= 11 is 7.40. The molecule has 0 aliphatic rings. The van der Waals surface area contributed by atoms with E-state index in [0.717, 1.165) is 23.3 Å². The van der Waals surface area contributed by atoms with Crippen molar-refractivity contribution in [1.29, 1.82) is 0 Å². The van der Waals surface area contributed by atoms with Gasteiger partial charge in [0.05, 0.1) is 5.75 Å². The summed E-state index contributed by atoms with van der Waals surface area (Å²) in [6, 6.07) is 15.0. The topological polar surface area (TPSA) is 49.4 Å². The van der Waals surface area contributed by atoms with Crippen molar-refractivity contribution in [1.82, 2.24) is 10.2 Å². The molecular formula is C24H31ClN2O2S. The number of thioether (sulfide) groups is 1. The lowest BCUT2D eigenvalue weighted by Crippen LogP contribution is -2.49. The minimum atomic E-state index is -0.485. The monoisotopic (exact) mass is 446 g/mol. The fraction of sp³-hybridized carbons (Fsp3) is 0.417. The number of benzene rings is 2. The van der Waals surface area contributed by atoms with Gasteiger partial charge in [-0.25, -0.2) is 0 Å². The van der Waals surface area contributed by atoms with Crippen molar-refractivity contribution < 1.29 is 9.59 Å². The summed E-state index contributed by atoms with van der Waals surface area (Å²) in [6.07, 6.45) is 2.52. The Morgan fingerprint density at radius 1 is 1.07 bits per heavy atom. The first kappa shape index (κ1) is 24.3. The summed E-state index contributed by atoms with van der Waals surface area (Å²) in [6.45, 7) is 7.12. The zero-order valence-corrected chi connectivity index (χ0v) is 19.6. The third kappa shape index (κ3) is 7.69. The van der Waals surface area contributed by atoms with Gasteiger partial charge in [-0.3, -0.25) is 9.59 Å². The summed E-state index contributed by atoms with van der Waals surface area (Å²) in [7, 11) is 0. The lowest BCUT2D eigenvalue weighted by Gasteiger charge is -2.30. The molecule has 162 valence electrons. The second kappa shape index (κ2) is 12.7. The lowest BCUT2D eigenvalue weighted by molar-refractivity contribution is -0.139. The second-order valence-electron chi connectivity index (χ2n) is 7.32. The van der Waals surface area contributed by atoms with Crippen LogP contribution in [0.3, 0.4) is 0 Å². The molecule has 0 aromatic heterocycles. The number of aryl methyl sites for hydroxylation is 1. The Bertz CT molecular complexity index is 809. The smallest absolute Gasteiger partial charge is 0.242 e. The molecule has 0 fully saturated rings. The Balaban J connectivity index is 2.15. The standard InChI is InChI=1S/C24H31ClN2O2S/c1-4-6-15-26-24(29)22(5-2)27(16-19-9-7-18(3)8-10-19)23(28)17-30-21-13-11-20(25)12-14-21/h7-14,22H,4-6,15-17H2,1-3H3,(H,26,29). The van der Waals surface area contributed by atoms with E-state index in [1.54, 1.807) is 4.90 Å². The van der Waals surface area contributed by atoms with Gasteiger partial charge in [-0.2, -0.15) is 0 Å². The fourth-order valence-electron chi connectivity index (χ4n) is 3.07. The highest BCUT2D eigenvalue weighted by molar-refractivity contribution is 8.00. The van der Waals surface area contributed by atoms with E-state index < -0.39 is 6.04 Å². The van der Waals surface area contributed by atoms with Crippen LogP contribution in [0.5, 0.6) is 0 Å². The van der Waals surface area contributed by atoms with Crippen LogP contribution in [0.4, 0.5) is 0 Å². The number of hydrogen-bond acceptors (Lipinski definition) is 3. The number of nitrogens with one attached hydrogen (secondary N) is 1. The van der Waals surface area contributed by atoms with Gasteiger partial charge in [0, 0.05) is 23.0 Å². The molecule has 0 saturated carbocycles. The van der Waals surface area contributed by atoms with Crippen LogP contribution >= 0.6 is 23.4 Å². The molecule has 1 atom stereocenters. The molecule has 0 bridgehead atoms. The maximum Gasteiger partial charge on any atom is 0.242 e. The Labute approximate surface area is 189 Å². The van der Waals surface area contributed by atoms with Gasteiger partial charge in [-0.1, -0.05) is 61.7 Å². The summed E-state index contributed by atoms with van der Waals surface area (Å²) in [5.74, 6) is 0.141. The van der Waals surface area contributed by atoms with Gasteiger partial charge in [-0.15, -0.1) is 11.8 Å². The largest absolute Gasteiger partial charge is 0.354 e. The SMILES string of the molecule is CCCCNC(=O)C(CC)N(Cc1ccc(C)cc1)C(=O)CSc1ccc(Cl)cc1. The maximum absolute atomic E-state index is 13.2. The van der Waals surface area contributed by atoms with Crippen LogP contribution in [-0.4, -0.2) is 35.1 Å². The number of nitrogens with zero attached hydrogens (tertiary/aromatic N) is 1. The van der Waals surface area contributed by atoms with E-state index >= 15 is 0 Å². The van der Waals surface area contributed by atoms with Gasteiger partial charge in [0.2, 0.25) is 11.8 Å². The highest BCUT2D eigenvalue weighted by atomic mass is 35.5. The third-order valence-corrected chi connectivity index (χ3v) is 6.11. The molecule has 1 unspecified atom stereocenters. The number of amides is 2. The first-order valence-electron chi connectivity index (χ1n) is 10.5. The van der Waals surface area contributed by atoms with Crippen LogP contribution in [0, 0.1) is 6.92 Å². The molecule has 0 aliphatic heterocycles. The van der Waals surface area contributed by atoms with E-state index in [-0.39, 0.29) is 17.6 Å². The van der Waals surface area contributed by atoms with Crippen LogP contribution in [0.25, 0.3) is 0 Å². The van der Waals surface area contributed by atoms with Crippen LogP contribution in [0.15, 0.2) is 53.4 Å². The molecule has 0 aliphatic carbocycles. The molecular weight excluding hydrogens is 416 g/mol. The van der Waals surface area contributed by atoms with Crippen molar-refractivity contribution in [2.75, 3.05) is 12.3 Å². The summed E-state index contributed by atoms with van der Waals surface area (Å²) in [5.41, 5.74) is 2.18. The van der Waals surface area contributed by atoms with E-state index in [4.69, 9.17) is 11.6 Å². The molecule has 0 heterocycles. The van der Waals surface area contributed by atoms with Crippen molar-refractivity contribution in [3.63, 3.8) is 0 Å². The van der Waals surface area contributed by atoms with E-state index in [2.05, 4.69) is 12.2 Å². The number of hydrogen-bond donors (Lipinski definition) is 1. The first-order valence-corrected chi connectivity index (χ1v) is 11.8.